The van der Waals surface area contributed by atoms with Gasteiger partial charge < -0.3 is 5.11 Å². The standard InChI is InChI=1S/C13H24OSi/c1-15(2,3)13-10-5-8-4-9(7-10)12(14)11(13)6-8/h8-14H,4-7H2,1-3H3/t8?,9?,10?,11?,12-,13+/m0/s1. The van der Waals surface area contributed by atoms with E-state index >= 15 is 0 Å². The zero-order valence-electron chi connectivity index (χ0n) is 10.2. The Hall–Kier alpha value is 0.177. The molecule has 0 aromatic rings. The van der Waals surface area contributed by atoms with E-state index in [1.54, 1.807) is 0 Å². The van der Waals surface area contributed by atoms with E-state index in [0.717, 1.165) is 17.4 Å². The van der Waals surface area contributed by atoms with E-state index in [4.69, 9.17) is 0 Å². The highest BCUT2D eigenvalue weighted by Crippen LogP contribution is 2.61. The lowest BCUT2D eigenvalue weighted by atomic mass is 9.54. The minimum atomic E-state index is -1.06. The third-order valence-electron chi connectivity index (χ3n) is 5.37. The molecule has 15 heavy (non-hydrogen) atoms. The molecule has 1 nitrogen and oxygen atoms in total. The fourth-order valence-electron chi connectivity index (χ4n) is 5.23. The van der Waals surface area contributed by atoms with Crippen LogP contribution in [-0.4, -0.2) is 19.3 Å². The highest BCUT2D eigenvalue weighted by Gasteiger charge is 2.55. The lowest BCUT2D eigenvalue weighted by molar-refractivity contribution is -0.0930. The molecule has 4 aliphatic rings. The predicted octanol–water partition coefficient (Wildman–Crippen LogP) is 3.12. The third kappa shape index (κ3) is 1.44. The van der Waals surface area contributed by atoms with Gasteiger partial charge in [0.15, 0.2) is 0 Å². The summed E-state index contributed by atoms with van der Waals surface area (Å²) in [5, 5.41) is 10.4. The maximum absolute atomic E-state index is 10.4. The second kappa shape index (κ2) is 3.10. The molecule has 0 saturated heterocycles. The van der Waals surface area contributed by atoms with Crippen molar-refractivity contribution in [2.45, 2.75) is 57.0 Å². The van der Waals surface area contributed by atoms with E-state index in [0.29, 0.717) is 11.8 Å². The van der Waals surface area contributed by atoms with E-state index in [2.05, 4.69) is 19.6 Å². The molecule has 4 bridgehead atoms. The molecule has 2 heteroatoms. The number of rotatable bonds is 1. The highest BCUT2D eigenvalue weighted by atomic mass is 28.3. The first-order chi connectivity index (χ1) is 6.97. The summed E-state index contributed by atoms with van der Waals surface area (Å²) in [7, 11) is -1.06. The van der Waals surface area contributed by atoms with Crippen LogP contribution in [-0.2, 0) is 0 Å². The number of hydrogen-bond donors (Lipinski definition) is 1. The SMILES string of the molecule is C[Si](C)(C)[C@@H]1C2CC3CC(C2)[C@H](O)C1C3. The molecular weight excluding hydrogens is 200 g/mol. The van der Waals surface area contributed by atoms with Gasteiger partial charge in [-0.15, -0.1) is 0 Å². The summed E-state index contributed by atoms with van der Waals surface area (Å²) in [6.45, 7) is 7.52. The minimum absolute atomic E-state index is 0.0644. The van der Waals surface area contributed by atoms with Gasteiger partial charge >= 0.3 is 0 Å². The summed E-state index contributed by atoms with van der Waals surface area (Å²) in [5.74, 6) is 3.34. The van der Waals surface area contributed by atoms with Crippen LogP contribution in [0.25, 0.3) is 0 Å². The van der Waals surface area contributed by atoms with Crippen molar-refractivity contribution in [1.82, 2.24) is 0 Å². The normalized spacial score (nSPS) is 53.6. The van der Waals surface area contributed by atoms with Crippen LogP contribution in [0.2, 0.25) is 25.2 Å². The molecule has 4 fully saturated rings. The van der Waals surface area contributed by atoms with E-state index in [1.807, 2.05) is 0 Å². The van der Waals surface area contributed by atoms with Crippen molar-refractivity contribution in [3.05, 3.63) is 0 Å². The second-order valence-corrected chi connectivity index (χ2v) is 12.8. The van der Waals surface area contributed by atoms with Crippen molar-refractivity contribution >= 4 is 8.07 Å². The zero-order chi connectivity index (χ0) is 10.8. The first kappa shape index (κ1) is 10.3. The molecule has 4 aliphatic carbocycles. The van der Waals surface area contributed by atoms with Crippen LogP contribution in [0.4, 0.5) is 0 Å². The average molecular weight is 224 g/mol. The van der Waals surface area contributed by atoms with Gasteiger partial charge in [0, 0.05) is 8.07 Å². The summed E-state index contributed by atoms with van der Waals surface area (Å²) in [6.07, 6.45) is 5.60. The molecule has 0 aliphatic heterocycles. The van der Waals surface area contributed by atoms with Crippen molar-refractivity contribution in [3.8, 4) is 0 Å². The Kier molecular flexibility index (Phi) is 2.14. The summed E-state index contributed by atoms with van der Waals surface area (Å²) in [6, 6.07) is 0. The van der Waals surface area contributed by atoms with E-state index in [-0.39, 0.29) is 6.10 Å². The fraction of sp³-hybridized carbons (Fsp3) is 1.00. The lowest BCUT2D eigenvalue weighted by Gasteiger charge is -2.60. The maximum atomic E-state index is 10.4. The van der Waals surface area contributed by atoms with E-state index in [9.17, 15) is 5.11 Å². The predicted molar refractivity (Wildman–Crippen MR) is 65.5 cm³/mol. The van der Waals surface area contributed by atoms with Gasteiger partial charge in [0.05, 0.1) is 6.10 Å². The van der Waals surface area contributed by atoms with Crippen LogP contribution < -0.4 is 0 Å². The molecular formula is C13H24OSi. The van der Waals surface area contributed by atoms with Crippen molar-refractivity contribution in [3.63, 3.8) is 0 Å². The van der Waals surface area contributed by atoms with Gasteiger partial charge in [0.1, 0.15) is 0 Å². The zero-order valence-corrected chi connectivity index (χ0v) is 11.2. The third-order valence-corrected chi connectivity index (χ3v) is 8.27. The molecule has 0 aromatic carbocycles. The monoisotopic (exact) mass is 224 g/mol. The fourth-order valence-corrected chi connectivity index (χ4v) is 8.53. The van der Waals surface area contributed by atoms with Gasteiger partial charge in [0.2, 0.25) is 0 Å². The number of aliphatic hydroxyl groups excluding tert-OH is 1. The van der Waals surface area contributed by atoms with Gasteiger partial charge in [-0.2, -0.15) is 0 Å². The Labute approximate surface area is 94.3 Å². The molecule has 4 saturated carbocycles. The molecule has 0 aromatic heterocycles. The quantitative estimate of drug-likeness (QED) is 0.679. The van der Waals surface area contributed by atoms with Crippen LogP contribution in [0.1, 0.15) is 25.7 Å². The van der Waals surface area contributed by atoms with Gasteiger partial charge in [-0.1, -0.05) is 19.6 Å². The molecule has 4 rings (SSSR count). The summed E-state index contributed by atoms with van der Waals surface area (Å²) < 4.78 is 0. The smallest absolute Gasteiger partial charge is 0.0596 e. The van der Waals surface area contributed by atoms with Crippen molar-refractivity contribution < 1.29 is 5.11 Å². The van der Waals surface area contributed by atoms with Crippen LogP contribution in [0.5, 0.6) is 0 Å². The van der Waals surface area contributed by atoms with Gasteiger partial charge in [-0.25, -0.2) is 0 Å². The largest absolute Gasteiger partial charge is 0.393 e. The Morgan fingerprint density at radius 2 is 1.60 bits per heavy atom. The summed E-state index contributed by atoms with van der Waals surface area (Å²) in [4.78, 5) is 0. The number of hydrogen-bond acceptors (Lipinski definition) is 1. The Morgan fingerprint density at radius 3 is 2.27 bits per heavy atom. The first-order valence-electron chi connectivity index (χ1n) is 6.65. The van der Waals surface area contributed by atoms with Crippen molar-refractivity contribution in [1.29, 1.82) is 0 Å². The van der Waals surface area contributed by atoms with Gasteiger partial charge in [-0.3, -0.25) is 0 Å². The molecule has 0 radical (unpaired) electrons. The molecule has 0 amide bonds. The van der Waals surface area contributed by atoms with E-state index < -0.39 is 8.07 Å². The van der Waals surface area contributed by atoms with Crippen LogP contribution in [0, 0.1) is 23.7 Å². The second-order valence-electron chi connectivity index (χ2n) is 7.38. The number of aliphatic hydroxyl groups is 1. The summed E-state index contributed by atoms with van der Waals surface area (Å²) in [5.41, 5.74) is 0.917. The van der Waals surface area contributed by atoms with Gasteiger partial charge in [-0.05, 0) is 54.9 Å². The van der Waals surface area contributed by atoms with Crippen molar-refractivity contribution in [2.24, 2.45) is 23.7 Å². The highest BCUT2D eigenvalue weighted by molar-refractivity contribution is 6.77. The minimum Gasteiger partial charge on any atom is -0.393 e. The molecule has 0 spiro atoms. The summed E-state index contributed by atoms with van der Waals surface area (Å²) >= 11 is 0. The Morgan fingerprint density at radius 1 is 0.933 bits per heavy atom. The Bertz CT molecular complexity index is 270. The molecule has 6 atom stereocenters. The van der Waals surface area contributed by atoms with Crippen LogP contribution in [0.3, 0.4) is 0 Å². The first-order valence-corrected chi connectivity index (χ1v) is 10.2. The van der Waals surface area contributed by atoms with E-state index in [1.165, 1.54) is 25.7 Å². The topological polar surface area (TPSA) is 20.2 Å². The molecule has 4 unspecified atom stereocenters. The average Bonchev–Trinajstić information content (AvgIpc) is 2.10. The molecule has 0 heterocycles. The molecule has 1 N–H and O–H groups in total. The maximum Gasteiger partial charge on any atom is 0.0596 e. The van der Waals surface area contributed by atoms with Crippen LogP contribution >= 0.6 is 0 Å². The van der Waals surface area contributed by atoms with Crippen molar-refractivity contribution in [2.75, 3.05) is 0 Å². The van der Waals surface area contributed by atoms with Crippen LogP contribution in [0.15, 0.2) is 0 Å². The van der Waals surface area contributed by atoms with Gasteiger partial charge in [0.25, 0.3) is 0 Å². The lowest BCUT2D eigenvalue weighted by Crippen LogP contribution is -2.56. The Balaban J connectivity index is 1.92. The molecule has 86 valence electrons.